The summed E-state index contributed by atoms with van der Waals surface area (Å²) in [5.74, 6) is -1.36. The number of nitrogens with zero attached hydrogens (tertiary/aromatic N) is 2. The molecule has 0 bridgehead atoms. The van der Waals surface area contributed by atoms with E-state index < -0.39 is 29.8 Å². The number of hydrogen-bond donors (Lipinski definition) is 3. The molecule has 242 valence electrons. The molecule has 1 aromatic heterocycles. The Morgan fingerprint density at radius 1 is 1.00 bits per heavy atom. The molecular weight excluding hydrogens is 585 g/mol. The monoisotopic (exact) mass is 627 g/mol. The minimum absolute atomic E-state index is 0.0355. The molecule has 0 unspecified atom stereocenters. The van der Waals surface area contributed by atoms with E-state index in [1.807, 2.05) is 60.7 Å². The van der Waals surface area contributed by atoms with Crippen LogP contribution in [0.2, 0.25) is 0 Å². The minimum atomic E-state index is -0.786. The summed E-state index contributed by atoms with van der Waals surface area (Å²) in [6.45, 7) is 4.19. The van der Waals surface area contributed by atoms with Gasteiger partial charge in [0.15, 0.2) is 5.75 Å². The second-order valence-corrected chi connectivity index (χ2v) is 11.8. The number of pyridine rings is 1. The second-order valence-electron chi connectivity index (χ2n) is 11.8. The number of primary amides is 1. The van der Waals surface area contributed by atoms with Gasteiger partial charge in [0.2, 0.25) is 11.8 Å². The zero-order valence-electron chi connectivity index (χ0n) is 26.7. The molecule has 9 nitrogen and oxygen atoms in total. The summed E-state index contributed by atoms with van der Waals surface area (Å²) in [5, 5.41) is 6.52. The number of aromatic nitrogens is 1. The molecule has 0 fully saturated rings. The van der Waals surface area contributed by atoms with E-state index in [4.69, 9.17) is 10.5 Å². The molecule has 0 radical (unpaired) electrons. The number of halogens is 1. The summed E-state index contributed by atoms with van der Waals surface area (Å²) in [6.07, 6.45) is 2.67. The highest BCUT2D eigenvalue weighted by molar-refractivity contribution is 6.07. The van der Waals surface area contributed by atoms with E-state index in [9.17, 15) is 18.8 Å². The smallest absolute Gasteiger partial charge is 0.253 e. The Morgan fingerprint density at radius 2 is 1.67 bits per heavy atom. The molecule has 3 aromatic carbocycles. The Morgan fingerprint density at radius 3 is 2.30 bits per heavy atom. The zero-order chi connectivity index (χ0) is 33.2. The first kappa shape index (κ1) is 34.1. The maximum atomic E-state index is 14.1. The molecule has 46 heavy (non-hydrogen) atoms. The molecule has 0 aliphatic rings. The lowest BCUT2D eigenvalue weighted by Crippen LogP contribution is -2.54. The summed E-state index contributed by atoms with van der Waals surface area (Å²) >= 11 is 0. The van der Waals surface area contributed by atoms with Gasteiger partial charge in [0.1, 0.15) is 11.9 Å². The largest absolute Gasteiger partial charge is 0.491 e. The van der Waals surface area contributed by atoms with Crippen molar-refractivity contribution >= 4 is 28.6 Å². The highest BCUT2D eigenvalue weighted by Crippen LogP contribution is 2.28. The maximum Gasteiger partial charge on any atom is 0.253 e. The van der Waals surface area contributed by atoms with Gasteiger partial charge in [-0.05, 0) is 48.7 Å². The molecule has 4 rings (SSSR count). The molecule has 4 aromatic rings. The van der Waals surface area contributed by atoms with E-state index >= 15 is 0 Å². The van der Waals surface area contributed by atoms with E-state index in [-0.39, 0.29) is 41.0 Å². The number of amides is 3. The number of ether oxygens (including phenoxy) is 1. The molecule has 0 saturated heterocycles. The molecule has 0 spiro atoms. The lowest BCUT2D eigenvalue weighted by molar-refractivity contribution is -0.141. The van der Waals surface area contributed by atoms with Crippen LogP contribution in [-0.2, 0) is 16.0 Å². The number of fused-ring (bicyclic) bond motifs is 1. The van der Waals surface area contributed by atoms with Gasteiger partial charge in [0.05, 0.1) is 36.0 Å². The van der Waals surface area contributed by atoms with E-state index in [1.165, 1.54) is 29.3 Å². The van der Waals surface area contributed by atoms with Gasteiger partial charge in [-0.3, -0.25) is 19.4 Å². The molecule has 0 aliphatic carbocycles. The molecule has 0 saturated carbocycles. The summed E-state index contributed by atoms with van der Waals surface area (Å²) < 4.78 is 20.0. The highest BCUT2D eigenvalue weighted by Gasteiger charge is 2.32. The number of rotatable bonds is 15. The van der Waals surface area contributed by atoms with Crippen molar-refractivity contribution in [1.82, 2.24) is 20.5 Å². The first-order chi connectivity index (χ1) is 22.1. The van der Waals surface area contributed by atoms with Crippen LogP contribution in [0.15, 0.2) is 85.1 Å². The molecule has 3 amide bonds. The normalized spacial score (nSPS) is 13.2. The van der Waals surface area contributed by atoms with Crippen LogP contribution in [0.5, 0.6) is 5.75 Å². The standard InChI is InChI=1S/C36H42FN5O4/c1-23(2)19-30(39-3)36(45)42(4)31(20-24-11-7-5-8-12-24)35(44)41-28(25-13-9-6-10-14-25)17-18-46-32-22-40-29-16-15-26(37)21-27(29)33(32)34(38)43/h5-16,21-23,28,30-31,39H,17-20H2,1-4H3,(H2,38,43)(H,41,44)/t28-,30-,31+/m0/s1. The number of carbonyl (C=O) groups is 3. The molecule has 3 atom stereocenters. The van der Waals surface area contributed by atoms with Gasteiger partial charge < -0.3 is 26.0 Å². The third-order valence-electron chi connectivity index (χ3n) is 7.97. The van der Waals surface area contributed by atoms with Gasteiger partial charge >= 0.3 is 0 Å². The Kier molecular flexibility index (Phi) is 11.8. The Labute approximate surface area is 269 Å². The van der Waals surface area contributed by atoms with Crippen LogP contribution in [0.3, 0.4) is 0 Å². The third kappa shape index (κ3) is 8.66. The molecule has 10 heteroatoms. The summed E-state index contributed by atoms with van der Waals surface area (Å²) in [6, 6.07) is 21.3. The van der Waals surface area contributed by atoms with Gasteiger partial charge in [-0.2, -0.15) is 0 Å². The summed E-state index contributed by atoms with van der Waals surface area (Å²) in [5.41, 5.74) is 7.87. The highest BCUT2D eigenvalue weighted by atomic mass is 19.1. The first-order valence-electron chi connectivity index (χ1n) is 15.4. The fraction of sp³-hybridized carbons (Fsp3) is 0.333. The number of nitrogens with one attached hydrogen (secondary N) is 2. The van der Waals surface area contributed by atoms with E-state index in [1.54, 1.807) is 14.1 Å². The Balaban J connectivity index is 1.58. The van der Waals surface area contributed by atoms with Crippen LogP contribution < -0.4 is 21.1 Å². The van der Waals surface area contributed by atoms with Crippen molar-refractivity contribution in [3.8, 4) is 5.75 Å². The number of likely N-dealkylation sites (N-methyl/N-ethyl adjacent to an activating group) is 2. The SMILES string of the molecule is CN[C@@H](CC(C)C)C(=O)N(C)[C@H](Cc1ccccc1)C(=O)N[C@@H](CCOc1cnc2ccc(F)cc2c1C(N)=O)c1ccccc1. The van der Waals surface area contributed by atoms with Crippen molar-refractivity contribution in [2.75, 3.05) is 20.7 Å². The van der Waals surface area contributed by atoms with Crippen LogP contribution in [0.25, 0.3) is 10.9 Å². The second kappa shape index (κ2) is 15.9. The molecular formula is C36H42FN5O4. The van der Waals surface area contributed by atoms with Crippen molar-refractivity contribution in [1.29, 1.82) is 0 Å². The quantitative estimate of drug-likeness (QED) is 0.174. The van der Waals surface area contributed by atoms with Crippen molar-refractivity contribution in [2.45, 2.75) is 51.2 Å². The maximum absolute atomic E-state index is 14.1. The number of benzene rings is 3. The predicted molar refractivity (Wildman–Crippen MR) is 177 cm³/mol. The van der Waals surface area contributed by atoms with E-state index in [2.05, 4.69) is 29.5 Å². The van der Waals surface area contributed by atoms with E-state index in [0.29, 0.717) is 24.8 Å². The lowest BCUT2D eigenvalue weighted by Gasteiger charge is -2.32. The number of carbonyl (C=O) groups excluding carboxylic acids is 3. The number of hydrogen-bond acceptors (Lipinski definition) is 6. The number of nitrogens with two attached hydrogens (primary N) is 1. The van der Waals surface area contributed by atoms with Crippen molar-refractivity contribution in [3.63, 3.8) is 0 Å². The fourth-order valence-corrected chi connectivity index (χ4v) is 5.53. The van der Waals surface area contributed by atoms with Crippen LogP contribution in [0, 0.1) is 11.7 Å². The minimum Gasteiger partial charge on any atom is -0.491 e. The van der Waals surface area contributed by atoms with Crippen molar-refractivity contribution in [3.05, 3.63) is 108 Å². The van der Waals surface area contributed by atoms with Gasteiger partial charge in [-0.15, -0.1) is 0 Å². The van der Waals surface area contributed by atoms with Crippen molar-refractivity contribution < 1.29 is 23.5 Å². The zero-order valence-corrected chi connectivity index (χ0v) is 26.7. The fourth-order valence-electron chi connectivity index (χ4n) is 5.53. The van der Waals surface area contributed by atoms with Gasteiger partial charge in [0, 0.05) is 25.3 Å². The average molecular weight is 628 g/mol. The molecule has 1 heterocycles. The van der Waals surface area contributed by atoms with Gasteiger partial charge in [0.25, 0.3) is 5.91 Å². The van der Waals surface area contributed by atoms with Crippen LogP contribution in [-0.4, -0.2) is 60.4 Å². The van der Waals surface area contributed by atoms with Gasteiger partial charge in [-0.25, -0.2) is 4.39 Å². The summed E-state index contributed by atoms with van der Waals surface area (Å²) in [4.78, 5) is 45.9. The Bertz CT molecular complexity index is 1630. The lowest BCUT2D eigenvalue weighted by atomic mass is 9.99. The molecule has 4 N–H and O–H groups in total. The topological polar surface area (TPSA) is 127 Å². The Hall–Kier alpha value is -4.83. The van der Waals surface area contributed by atoms with Crippen LogP contribution in [0.4, 0.5) is 4.39 Å². The van der Waals surface area contributed by atoms with Gasteiger partial charge in [-0.1, -0.05) is 74.5 Å². The summed E-state index contributed by atoms with van der Waals surface area (Å²) in [7, 11) is 3.42. The van der Waals surface area contributed by atoms with Crippen LogP contribution in [0.1, 0.15) is 54.2 Å². The van der Waals surface area contributed by atoms with Crippen molar-refractivity contribution in [2.24, 2.45) is 11.7 Å². The van der Waals surface area contributed by atoms with Crippen LogP contribution >= 0.6 is 0 Å². The molecule has 0 aliphatic heterocycles. The third-order valence-corrected chi connectivity index (χ3v) is 7.97. The van der Waals surface area contributed by atoms with E-state index in [0.717, 1.165) is 11.1 Å². The predicted octanol–water partition coefficient (Wildman–Crippen LogP) is 4.80. The first-order valence-corrected chi connectivity index (χ1v) is 15.4. The average Bonchev–Trinajstić information content (AvgIpc) is 3.05.